The molecule has 0 atom stereocenters. The quantitative estimate of drug-likeness (QED) is 0.349. The van der Waals surface area contributed by atoms with Crippen LogP contribution in [0.15, 0.2) is 0 Å². The first kappa shape index (κ1) is 22.5. The van der Waals surface area contributed by atoms with E-state index in [4.69, 9.17) is 0 Å². The monoisotopic (exact) mass is 365 g/mol. The van der Waals surface area contributed by atoms with E-state index in [9.17, 15) is 0 Å². The van der Waals surface area contributed by atoms with Crippen LogP contribution in [-0.4, -0.2) is 48.6 Å². The molecule has 4 heteroatoms. The molecule has 0 aromatic heterocycles. The Kier molecular flexibility index (Phi) is 41.6. The van der Waals surface area contributed by atoms with Gasteiger partial charge in [-0.3, -0.25) is 0 Å². The molecule has 0 heterocycles. The molecular formula is C5H13I2MgN. The van der Waals surface area contributed by atoms with E-state index in [2.05, 4.69) is 25.9 Å². The predicted octanol–water partition coefficient (Wildman–Crippen LogP) is -5.41. The largest absolute Gasteiger partial charge is 2.00 e. The van der Waals surface area contributed by atoms with Crippen molar-refractivity contribution >= 4 is 23.1 Å². The molecule has 9 heavy (non-hydrogen) atoms. The average Bonchev–Trinajstić information content (AvgIpc) is 1.35. The third-order valence-corrected chi connectivity index (χ3v) is 0.671. The minimum absolute atomic E-state index is 0. The Balaban J connectivity index is -0.0000000417. The van der Waals surface area contributed by atoms with E-state index in [-0.39, 0.29) is 71.0 Å². The Labute approximate surface area is 109 Å². The van der Waals surface area contributed by atoms with Gasteiger partial charge in [-0.1, -0.05) is 6.92 Å². The summed E-state index contributed by atoms with van der Waals surface area (Å²) in [5, 5.41) is 0. The minimum Gasteiger partial charge on any atom is -1.00 e. The molecular weight excluding hydrogens is 352 g/mol. The van der Waals surface area contributed by atoms with Crippen molar-refractivity contribution < 1.29 is 48.0 Å². The summed E-state index contributed by atoms with van der Waals surface area (Å²) >= 11 is 0. The Morgan fingerprint density at radius 1 is 1.11 bits per heavy atom. The van der Waals surface area contributed by atoms with Crippen molar-refractivity contribution in [1.82, 2.24) is 4.90 Å². The molecule has 0 saturated heterocycles. The number of halogens is 2. The molecule has 0 aliphatic carbocycles. The van der Waals surface area contributed by atoms with Crippen LogP contribution >= 0.6 is 0 Å². The second kappa shape index (κ2) is 16.6. The summed E-state index contributed by atoms with van der Waals surface area (Å²) in [6.07, 6.45) is 1.26. The van der Waals surface area contributed by atoms with Crippen LogP contribution in [0, 0.1) is 0 Å². The van der Waals surface area contributed by atoms with Gasteiger partial charge in [-0.05, 0) is 27.1 Å². The summed E-state index contributed by atoms with van der Waals surface area (Å²) in [6.45, 7) is 3.39. The van der Waals surface area contributed by atoms with Crippen molar-refractivity contribution in [1.29, 1.82) is 0 Å². The fourth-order valence-corrected chi connectivity index (χ4v) is 0.447. The van der Waals surface area contributed by atoms with E-state index in [0.29, 0.717) is 0 Å². The van der Waals surface area contributed by atoms with Crippen molar-refractivity contribution in [3.8, 4) is 0 Å². The molecule has 0 aliphatic rings. The molecule has 1 nitrogen and oxygen atoms in total. The Morgan fingerprint density at radius 3 is 1.44 bits per heavy atom. The predicted molar refractivity (Wildman–Crippen MR) is 34.6 cm³/mol. The molecule has 0 aliphatic heterocycles. The van der Waals surface area contributed by atoms with Gasteiger partial charge in [0.1, 0.15) is 0 Å². The van der Waals surface area contributed by atoms with Crippen LogP contribution in [0.25, 0.3) is 0 Å². The van der Waals surface area contributed by atoms with Gasteiger partial charge < -0.3 is 52.9 Å². The van der Waals surface area contributed by atoms with Gasteiger partial charge in [-0.15, -0.1) is 0 Å². The molecule has 54 valence electrons. The Hall–Kier alpha value is 2.19. The molecule has 0 rings (SSSR count). The van der Waals surface area contributed by atoms with E-state index in [1.54, 1.807) is 0 Å². The summed E-state index contributed by atoms with van der Waals surface area (Å²) in [4.78, 5) is 2.18. The molecule has 0 aromatic rings. The molecule has 0 unspecified atom stereocenters. The molecule has 0 spiro atoms. The van der Waals surface area contributed by atoms with Gasteiger partial charge in [0.05, 0.1) is 0 Å². The second-order valence-corrected chi connectivity index (χ2v) is 1.80. The average molecular weight is 365 g/mol. The van der Waals surface area contributed by atoms with Crippen LogP contribution in [0.5, 0.6) is 0 Å². The Morgan fingerprint density at radius 2 is 1.44 bits per heavy atom. The summed E-state index contributed by atoms with van der Waals surface area (Å²) in [7, 11) is 4.17. The summed E-state index contributed by atoms with van der Waals surface area (Å²) in [5.74, 6) is 0. The number of hydrogen-bond acceptors (Lipinski definition) is 1. The van der Waals surface area contributed by atoms with Crippen LogP contribution in [0.3, 0.4) is 0 Å². The first-order valence-corrected chi connectivity index (χ1v) is 2.42. The first-order chi connectivity index (χ1) is 2.77. The summed E-state index contributed by atoms with van der Waals surface area (Å²) < 4.78 is 0. The number of nitrogens with zero attached hydrogens (tertiary/aromatic N) is 1. The van der Waals surface area contributed by atoms with Gasteiger partial charge >= 0.3 is 23.1 Å². The van der Waals surface area contributed by atoms with E-state index < -0.39 is 0 Å². The molecule has 0 bridgehead atoms. The van der Waals surface area contributed by atoms with Crippen LogP contribution in [0.1, 0.15) is 13.3 Å². The van der Waals surface area contributed by atoms with Gasteiger partial charge in [-0.25, -0.2) is 0 Å². The third kappa shape index (κ3) is 25.4. The molecule has 0 amide bonds. The van der Waals surface area contributed by atoms with Crippen molar-refractivity contribution in [3.63, 3.8) is 0 Å². The van der Waals surface area contributed by atoms with Crippen LogP contribution in [0.4, 0.5) is 0 Å². The van der Waals surface area contributed by atoms with Crippen LogP contribution in [-0.2, 0) is 0 Å². The van der Waals surface area contributed by atoms with E-state index in [1.165, 1.54) is 13.0 Å². The van der Waals surface area contributed by atoms with Crippen molar-refractivity contribution in [2.24, 2.45) is 0 Å². The maximum absolute atomic E-state index is 2.18. The van der Waals surface area contributed by atoms with Gasteiger partial charge in [-0.2, -0.15) is 0 Å². The first-order valence-electron chi connectivity index (χ1n) is 2.42. The number of hydrogen-bond donors (Lipinski definition) is 0. The maximum Gasteiger partial charge on any atom is 2.00 e. The molecule has 0 fully saturated rings. The zero-order valence-corrected chi connectivity index (χ0v) is 12.1. The standard InChI is InChI=1S/C5H13N.2HI.Mg/c1-4-5-6(2)3;;;/h4-5H2,1-3H3;2*1H;/q;;;+2/p-2. The van der Waals surface area contributed by atoms with Crippen LogP contribution in [0.2, 0.25) is 0 Å². The fraction of sp³-hybridized carbons (Fsp3) is 1.00. The summed E-state index contributed by atoms with van der Waals surface area (Å²) in [6, 6.07) is 0. The molecule has 0 aromatic carbocycles. The summed E-state index contributed by atoms with van der Waals surface area (Å²) in [5.41, 5.74) is 0. The van der Waals surface area contributed by atoms with Crippen molar-refractivity contribution in [2.75, 3.05) is 20.6 Å². The van der Waals surface area contributed by atoms with E-state index in [0.717, 1.165) is 0 Å². The SMILES string of the molecule is CCCN(C)C.[I-].[I-].[Mg+2]. The molecule has 0 saturated carbocycles. The normalized spacial score (nSPS) is 6.67. The third-order valence-electron chi connectivity index (χ3n) is 0.671. The zero-order chi connectivity index (χ0) is 4.99. The van der Waals surface area contributed by atoms with Crippen molar-refractivity contribution in [3.05, 3.63) is 0 Å². The van der Waals surface area contributed by atoms with Gasteiger partial charge in [0.15, 0.2) is 0 Å². The number of rotatable bonds is 2. The fourth-order valence-electron chi connectivity index (χ4n) is 0.447. The molecule has 0 radical (unpaired) electrons. The van der Waals surface area contributed by atoms with Crippen LogP contribution < -0.4 is 48.0 Å². The smallest absolute Gasteiger partial charge is 1.00 e. The van der Waals surface area contributed by atoms with Gasteiger partial charge in [0, 0.05) is 0 Å². The molecule has 0 N–H and O–H groups in total. The topological polar surface area (TPSA) is 3.24 Å². The Bertz CT molecular complexity index is 36.1. The van der Waals surface area contributed by atoms with E-state index in [1.807, 2.05) is 0 Å². The van der Waals surface area contributed by atoms with Crippen molar-refractivity contribution in [2.45, 2.75) is 13.3 Å². The maximum atomic E-state index is 2.18. The van der Waals surface area contributed by atoms with Gasteiger partial charge in [0.2, 0.25) is 0 Å². The minimum atomic E-state index is 0. The second-order valence-electron chi connectivity index (χ2n) is 1.80. The van der Waals surface area contributed by atoms with Gasteiger partial charge in [0.25, 0.3) is 0 Å². The van der Waals surface area contributed by atoms with E-state index >= 15 is 0 Å². The zero-order valence-electron chi connectivity index (χ0n) is 6.32.